The molecule has 1 aromatic rings. The first kappa shape index (κ1) is 13.5. The molecule has 0 spiro atoms. The molecule has 1 saturated carbocycles. The topological polar surface area (TPSA) is 76.2 Å². The number of imide groups is 1. The summed E-state index contributed by atoms with van der Waals surface area (Å²) in [6.07, 6.45) is 1.60. The van der Waals surface area contributed by atoms with E-state index in [1.807, 2.05) is 0 Å². The van der Waals surface area contributed by atoms with E-state index in [9.17, 15) is 14.4 Å². The summed E-state index contributed by atoms with van der Waals surface area (Å²) in [5.74, 6) is -0.837. The molecule has 0 aromatic heterocycles. The molecule has 0 radical (unpaired) electrons. The first-order valence-corrected chi connectivity index (χ1v) is 7.36. The lowest BCUT2D eigenvalue weighted by molar-refractivity contribution is -0.132. The average molecular weight is 301 g/mol. The highest BCUT2D eigenvalue weighted by atomic mass is 16.6. The van der Waals surface area contributed by atoms with Crippen molar-refractivity contribution in [2.24, 2.45) is 11.8 Å². The van der Waals surface area contributed by atoms with Crippen LogP contribution in [0.2, 0.25) is 0 Å². The molecule has 0 bridgehead atoms. The number of hydrogen-bond donors (Lipinski definition) is 0. The lowest BCUT2D eigenvalue weighted by Crippen LogP contribution is -2.30. The van der Waals surface area contributed by atoms with Gasteiger partial charge >= 0.3 is 5.97 Å². The maximum atomic E-state index is 12.5. The number of hydrogen-bond acceptors (Lipinski definition) is 5. The smallest absolute Gasteiger partial charge is 0.308 e. The van der Waals surface area contributed by atoms with Crippen LogP contribution in [0, 0.1) is 11.8 Å². The molecule has 2 aliphatic heterocycles. The SMILES string of the molecule is CC(=O)Oc1ccc(N2C(=O)C3CC4OC4CC3C2=O)cc1. The third-order valence-electron chi connectivity index (χ3n) is 4.58. The Morgan fingerprint density at radius 2 is 1.64 bits per heavy atom. The number of esters is 1. The minimum absolute atomic E-state index is 0.149. The minimum Gasteiger partial charge on any atom is -0.427 e. The minimum atomic E-state index is -0.411. The summed E-state index contributed by atoms with van der Waals surface area (Å²) in [4.78, 5) is 37.3. The second-order valence-corrected chi connectivity index (χ2v) is 6.00. The number of nitrogens with zero attached hydrogens (tertiary/aromatic N) is 1. The third kappa shape index (κ3) is 2.02. The number of ether oxygens (including phenoxy) is 2. The summed E-state index contributed by atoms with van der Waals surface area (Å²) < 4.78 is 10.4. The molecule has 1 aliphatic carbocycles. The van der Waals surface area contributed by atoms with Crippen LogP contribution in [0.4, 0.5) is 5.69 Å². The van der Waals surface area contributed by atoms with Crippen molar-refractivity contribution >= 4 is 23.5 Å². The molecular weight excluding hydrogens is 286 g/mol. The summed E-state index contributed by atoms with van der Waals surface area (Å²) in [6, 6.07) is 6.42. The van der Waals surface area contributed by atoms with Gasteiger partial charge in [-0.1, -0.05) is 0 Å². The van der Waals surface area contributed by atoms with Crippen molar-refractivity contribution in [2.45, 2.75) is 32.0 Å². The molecule has 6 nitrogen and oxygen atoms in total. The molecule has 4 atom stereocenters. The average Bonchev–Trinajstić information content (AvgIpc) is 3.20. The Bertz CT molecular complexity index is 640. The summed E-state index contributed by atoms with van der Waals surface area (Å²) in [7, 11) is 0. The predicted molar refractivity (Wildman–Crippen MR) is 75.1 cm³/mol. The quantitative estimate of drug-likeness (QED) is 0.356. The van der Waals surface area contributed by atoms with Gasteiger partial charge in [0.1, 0.15) is 5.75 Å². The van der Waals surface area contributed by atoms with Crippen molar-refractivity contribution in [3.05, 3.63) is 24.3 Å². The van der Waals surface area contributed by atoms with E-state index in [1.54, 1.807) is 24.3 Å². The van der Waals surface area contributed by atoms with Crippen LogP contribution in [0.1, 0.15) is 19.8 Å². The Morgan fingerprint density at radius 3 is 2.14 bits per heavy atom. The van der Waals surface area contributed by atoms with Crippen molar-refractivity contribution in [1.29, 1.82) is 0 Å². The van der Waals surface area contributed by atoms with Gasteiger partial charge in [-0.2, -0.15) is 0 Å². The fraction of sp³-hybridized carbons (Fsp3) is 0.438. The highest BCUT2D eigenvalue weighted by Gasteiger charge is 2.58. The molecule has 4 rings (SSSR count). The van der Waals surface area contributed by atoms with Crippen LogP contribution in [0.25, 0.3) is 0 Å². The number of fused-ring (bicyclic) bond motifs is 2. The Kier molecular flexibility index (Phi) is 2.84. The van der Waals surface area contributed by atoms with Crippen LogP contribution in [0.3, 0.4) is 0 Å². The molecule has 4 unspecified atom stereocenters. The molecular formula is C16H15NO5. The largest absolute Gasteiger partial charge is 0.427 e. The second kappa shape index (κ2) is 4.64. The normalized spacial score (nSPS) is 32.5. The van der Waals surface area contributed by atoms with E-state index < -0.39 is 5.97 Å². The van der Waals surface area contributed by atoms with Gasteiger partial charge < -0.3 is 9.47 Å². The van der Waals surface area contributed by atoms with Gasteiger partial charge in [-0.3, -0.25) is 19.3 Å². The molecule has 114 valence electrons. The van der Waals surface area contributed by atoms with Crippen LogP contribution >= 0.6 is 0 Å². The Labute approximate surface area is 127 Å². The van der Waals surface area contributed by atoms with Crippen molar-refractivity contribution in [2.75, 3.05) is 4.90 Å². The molecule has 1 aromatic carbocycles. The van der Waals surface area contributed by atoms with Gasteiger partial charge in [0.25, 0.3) is 0 Å². The van der Waals surface area contributed by atoms with Crippen LogP contribution in [-0.4, -0.2) is 30.0 Å². The van der Waals surface area contributed by atoms with E-state index in [4.69, 9.17) is 9.47 Å². The third-order valence-corrected chi connectivity index (χ3v) is 4.58. The van der Waals surface area contributed by atoms with Gasteiger partial charge in [-0.05, 0) is 37.1 Å². The summed E-state index contributed by atoms with van der Waals surface area (Å²) in [5, 5.41) is 0. The number of anilines is 1. The fourth-order valence-corrected chi connectivity index (χ4v) is 3.49. The van der Waals surface area contributed by atoms with Crippen molar-refractivity contribution in [3.63, 3.8) is 0 Å². The Balaban J connectivity index is 1.58. The molecule has 2 amide bonds. The van der Waals surface area contributed by atoms with Crippen LogP contribution in [0.5, 0.6) is 5.75 Å². The standard InChI is InChI=1S/C16H15NO5/c1-8(18)21-10-4-2-9(3-5-10)17-15(19)11-6-13-14(22-13)7-12(11)16(17)20/h2-5,11-14H,6-7H2,1H3. The predicted octanol–water partition coefficient (Wildman–Crippen LogP) is 1.28. The van der Waals surface area contributed by atoms with E-state index in [2.05, 4.69) is 0 Å². The maximum absolute atomic E-state index is 12.5. The number of epoxide rings is 1. The van der Waals surface area contributed by atoms with Crippen molar-refractivity contribution < 1.29 is 23.9 Å². The van der Waals surface area contributed by atoms with Gasteiger partial charge in [0.15, 0.2) is 0 Å². The highest BCUT2D eigenvalue weighted by Crippen LogP contribution is 2.47. The number of carbonyl (C=O) groups excluding carboxylic acids is 3. The first-order valence-electron chi connectivity index (χ1n) is 7.36. The van der Waals surface area contributed by atoms with Crippen molar-refractivity contribution in [1.82, 2.24) is 0 Å². The lowest BCUT2D eigenvalue weighted by atomic mass is 9.81. The number of rotatable bonds is 2. The molecule has 2 saturated heterocycles. The molecule has 2 heterocycles. The van der Waals surface area contributed by atoms with E-state index >= 15 is 0 Å². The highest BCUT2D eigenvalue weighted by molar-refractivity contribution is 6.22. The monoisotopic (exact) mass is 301 g/mol. The molecule has 6 heteroatoms. The van der Waals surface area contributed by atoms with Gasteiger partial charge in [-0.15, -0.1) is 0 Å². The Hall–Kier alpha value is -2.21. The number of benzene rings is 1. The summed E-state index contributed by atoms with van der Waals surface area (Å²) >= 11 is 0. The fourth-order valence-electron chi connectivity index (χ4n) is 3.49. The van der Waals surface area contributed by atoms with Crippen molar-refractivity contribution in [3.8, 4) is 5.75 Å². The van der Waals surface area contributed by atoms with Crippen LogP contribution in [0.15, 0.2) is 24.3 Å². The molecule has 0 N–H and O–H groups in total. The van der Waals surface area contributed by atoms with Gasteiger partial charge in [0, 0.05) is 6.92 Å². The summed E-state index contributed by atoms with van der Waals surface area (Å²) in [6.45, 7) is 1.32. The van der Waals surface area contributed by atoms with Gasteiger partial charge in [0.2, 0.25) is 11.8 Å². The van der Waals surface area contributed by atoms with E-state index in [0.29, 0.717) is 24.3 Å². The number of amides is 2. The van der Waals surface area contributed by atoms with E-state index in [-0.39, 0.29) is 35.9 Å². The maximum Gasteiger partial charge on any atom is 0.308 e. The molecule has 22 heavy (non-hydrogen) atoms. The van der Waals surface area contributed by atoms with E-state index in [0.717, 1.165) is 0 Å². The number of carbonyl (C=O) groups is 3. The zero-order valence-corrected chi connectivity index (χ0v) is 12.0. The van der Waals surface area contributed by atoms with Gasteiger partial charge in [-0.25, -0.2) is 0 Å². The second-order valence-electron chi connectivity index (χ2n) is 6.00. The molecule has 3 aliphatic rings. The Morgan fingerprint density at radius 1 is 1.09 bits per heavy atom. The summed E-state index contributed by atoms with van der Waals surface area (Å²) in [5.41, 5.74) is 0.523. The zero-order valence-electron chi connectivity index (χ0n) is 12.0. The zero-order chi connectivity index (χ0) is 15.4. The lowest BCUT2D eigenvalue weighted by Gasteiger charge is -2.16. The van der Waals surface area contributed by atoms with Crippen LogP contribution < -0.4 is 9.64 Å². The van der Waals surface area contributed by atoms with Gasteiger partial charge in [0.05, 0.1) is 29.7 Å². The molecule has 3 fully saturated rings. The first-order chi connectivity index (χ1) is 10.5. The van der Waals surface area contributed by atoms with E-state index in [1.165, 1.54) is 11.8 Å². The van der Waals surface area contributed by atoms with Crippen LogP contribution in [-0.2, 0) is 19.1 Å².